The lowest BCUT2D eigenvalue weighted by Gasteiger charge is -2.15. The Bertz CT molecular complexity index is 366. The van der Waals surface area contributed by atoms with Crippen LogP contribution < -0.4 is 0 Å². The van der Waals surface area contributed by atoms with Crippen LogP contribution in [-0.4, -0.2) is 29.6 Å². The number of rotatable bonds is 4. The molecule has 1 rings (SSSR count). The Balaban J connectivity index is 2.68. The Kier molecular flexibility index (Phi) is 4.29. The molecule has 0 unspecified atom stereocenters. The van der Waals surface area contributed by atoms with Gasteiger partial charge < -0.3 is 5.11 Å². The molecule has 0 fully saturated rings. The van der Waals surface area contributed by atoms with Gasteiger partial charge in [0, 0.05) is 11.0 Å². The summed E-state index contributed by atoms with van der Waals surface area (Å²) >= 11 is 3.40. The highest BCUT2D eigenvalue weighted by Gasteiger charge is 2.06. The first-order valence-corrected chi connectivity index (χ1v) is 5.43. The molecule has 4 heteroatoms. The minimum Gasteiger partial charge on any atom is -0.480 e. The fraction of sp³-hybridized carbons (Fsp3) is 0.364. The summed E-state index contributed by atoms with van der Waals surface area (Å²) in [6.45, 7) is 2.75. The van der Waals surface area contributed by atoms with Crippen LogP contribution in [0, 0.1) is 6.92 Å². The number of likely N-dealkylation sites (N-methyl/N-ethyl adjacent to an activating group) is 1. The van der Waals surface area contributed by atoms with Crippen LogP contribution in [0.1, 0.15) is 11.1 Å². The highest BCUT2D eigenvalue weighted by molar-refractivity contribution is 9.10. The average Bonchev–Trinajstić information content (AvgIpc) is 2.08. The van der Waals surface area contributed by atoms with Crippen molar-refractivity contribution in [1.29, 1.82) is 0 Å². The molecule has 0 aromatic heterocycles. The number of carboxylic acid groups (broad SMARTS) is 1. The van der Waals surface area contributed by atoms with Crippen molar-refractivity contribution < 1.29 is 9.90 Å². The summed E-state index contributed by atoms with van der Waals surface area (Å²) in [6, 6.07) is 6.01. The molecule has 0 radical (unpaired) electrons. The van der Waals surface area contributed by atoms with E-state index in [1.54, 1.807) is 11.9 Å². The second kappa shape index (κ2) is 5.28. The number of benzene rings is 1. The highest BCUT2D eigenvalue weighted by Crippen LogP contribution is 2.16. The van der Waals surface area contributed by atoms with Crippen molar-refractivity contribution >= 4 is 21.9 Å². The molecule has 0 spiro atoms. The molecule has 1 aromatic rings. The zero-order chi connectivity index (χ0) is 11.4. The Morgan fingerprint density at radius 3 is 2.73 bits per heavy atom. The number of nitrogens with zero attached hydrogens (tertiary/aromatic N) is 1. The minimum atomic E-state index is -0.799. The van der Waals surface area contributed by atoms with Crippen molar-refractivity contribution in [3.63, 3.8) is 0 Å². The number of aryl methyl sites for hydroxylation is 1. The molecule has 1 N–H and O–H groups in total. The van der Waals surface area contributed by atoms with Crippen molar-refractivity contribution in [2.24, 2.45) is 0 Å². The predicted octanol–water partition coefficient (Wildman–Crippen LogP) is 2.27. The maximum atomic E-state index is 10.5. The standard InChI is InChI=1S/C11H14BrNO2/c1-8-5-10(12)4-3-9(8)6-13(2)7-11(14)15/h3-5H,6-7H2,1-2H3,(H,14,15). The van der Waals surface area contributed by atoms with E-state index in [0.29, 0.717) is 6.54 Å². The van der Waals surface area contributed by atoms with Gasteiger partial charge in [0.1, 0.15) is 0 Å². The van der Waals surface area contributed by atoms with E-state index >= 15 is 0 Å². The molecule has 0 aliphatic heterocycles. The van der Waals surface area contributed by atoms with Crippen LogP contribution in [0.2, 0.25) is 0 Å². The van der Waals surface area contributed by atoms with Gasteiger partial charge in [0.05, 0.1) is 6.54 Å². The van der Waals surface area contributed by atoms with E-state index in [0.717, 1.165) is 10.0 Å². The molecule has 0 heterocycles. The largest absolute Gasteiger partial charge is 0.480 e. The zero-order valence-corrected chi connectivity index (χ0v) is 10.4. The summed E-state index contributed by atoms with van der Waals surface area (Å²) in [7, 11) is 1.80. The van der Waals surface area contributed by atoms with E-state index in [4.69, 9.17) is 5.11 Å². The lowest BCUT2D eigenvalue weighted by Crippen LogP contribution is -2.25. The van der Waals surface area contributed by atoms with Gasteiger partial charge in [-0.05, 0) is 37.2 Å². The number of hydrogen-bond donors (Lipinski definition) is 1. The van der Waals surface area contributed by atoms with Gasteiger partial charge in [-0.25, -0.2) is 0 Å². The molecule has 0 aliphatic carbocycles. The summed E-state index contributed by atoms with van der Waals surface area (Å²) < 4.78 is 1.05. The molecule has 82 valence electrons. The average molecular weight is 272 g/mol. The summed E-state index contributed by atoms with van der Waals surface area (Å²) in [5.74, 6) is -0.799. The summed E-state index contributed by atoms with van der Waals surface area (Å²) in [5.41, 5.74) is 2.32. The Labute approximate surface area is 97.8 Å². The highest BCUT2D eigenvalue weighted by atomic mass is 79.9. The van der Waals surface area contributed by atoms with Crippen LogP contribution >= 0.6 is 15.9 Å². The van der Waals surface area contributed by atoms with Crippen LogP contribution in [0.25, 0.3) is 0 Å². The van der Waals surface area contributed by atoms with Gasteiger partial charge in [-0.2, -0.15) is 0 Å². The van der Waals surface area contributed by atoms with Gasteiger partial charge in [-0.1, -0.05) is 22.0 Å². The fourth-order valence-electron chi connectivity index (χ4n) is 1.41. The summed E-state index contributed by atoms with van der Waals surface area (Å²) in [5, 5.41) is 8.63. The Morgan fingerprint density at radius 2 is 2.20 bits per heavy atom. The second-order valence-electron chi connectivity index (χ2n) is 3.64. The third kappa shape index (κ3) is 4.01. The third-order valence-electron chi connectivity index (χ3n) is 2.15. The van der Waals surface area contributed by atoms with E-state index in [9.17, 15) is 4.79 Å². The molecule has 0 atom stereocenters. The minimum absolute atomic E-state index is 0.0650. The van der Waals surface area contributed by atoms with E-state index in [1.807, 2.05) is 25.1 Å². The lowest BCUT2D eigenvalue weighted by molar-refractivity contribution is -0.138. The van der Waals surface area contributed by atoms with E-state index in [1.165, 1.54) is 5.56 Å². The SMILES string of the molecule is Cc1cc(Br)ccc1CN(C)CC(=O)O. The molecule has 0 bridgehead atoms. The van der Waals surface area contributed by atoms with Crippen molar-refractivity contribution in [1.82, 2.24) is 4.90 Å². The molecule has 15 heavy (non-hydrogen) atoms. The first-order valence-electron chi connectivity index (χ1n) is 4.64. The molecule has 1 aromatic carbocycles. The second-order valence-corrected chi connectivity index (χ2v) is 4.55. The Morgan fingerprint density at radius 1 is 1.53 bits per heavy atom. The monoisotopic (exact) mass is 271 g/mol. The van der Waals surface area contributed by atoms with Crippen molar-refractivity contribution in [3.05, 3.63) is 33.8 Å². The van der Waals surface area contributed by atoms with Gasteiger partial charge in [0.2, 0.25) is 0 Å². The van der Waals surface area contributed by atoms with Crippen molar-refractivity contribution in [2.45, 2.75) is 13.5 Å². The van der Waals surface area contributed by atoms with Gasteiger partial charge in [0.15, 0.2) is 0 Å². The fourth-order valence-corrected chi connectivity index (χ4v) is 1.89. The van der Waals surface area contributed by atoms with Crippen molar-refractivity contribution in [3.8, 4) is 0 Å². The van der Waals surface area contributed by atoms with Crippen LogP contribution in [0.5, 0.6) is 0 Å². The third-order valence-corrected chi connectivity index (χ3v) is 2.64. The number of carbonyl (C=O) groups is 1. The van der Waals surface area contributed by atoms with Gasteiger partial charge >= 0.3 is 5.97 Å². The van der Waals surface area contributed by atoms with Crippen LogP contribution in [-0.2, 0) is 11.3 Å². The molecule has 0 saturated heterocycles. The lowest BCUT2D eigenvalue weighted by atomic mass is 10.1. The number of halogens is 1. The van der Waals surface area contributed by atoms with Gasteiger partial charge in [0.25, 0.3) is 0 Å². The molecule has 0 aliphatic rings. The normalized spacial score (nSPS) is 10.7. The van der Waals surface area contributed by atoms with E-state index in [-0.39, 0.29) is 6.54 Å². The van der Waals surface area contributed by atoms with E-state index < -0.39 is 5.97 Å². The molecular formula is C11H14BrNO2. The quantitative estimate of drug-likeness (QED) is 0.914. The first-order chi connectivity index (χ1) is 6.99. The summed E-state index contributed by atoms with van der Waals surface area (Å²) in [4.78, 5) is 12.3. The molecular weight excluding hydrogens is 258 g/mol. The van der Waals surface area contributed by atoms with Crippen LogP contribution in [0.4, 0.5) is 0 Å². The van der Waals surface area contributed by atoms with Crippen LogP contribution in [0.15, 0.2) is 22.7 Å². The zero-order valence-electron chi connectivity index (χ0n) is 8.83. The number of carboxylic acids is 1. The summed E-state index contributed by atoms with van der Waals surface area (Å²) in [6.07, 6.45) is 0. The number of hydrogen-bond acceptors (Lipinski definition) is 2. The smallest absolute Gasteiger partial charge is 0.317 e. The van der Waals surface area contributed by atoms with Gasteiger partial charge in [-0.15, -0.1) is 0 Å². The molecule has 0 amide bonds. The molecule has 3 nitrogen and oxygen atoms in total. The maximum Gasteiger partial charge on any atom is 0.317 e. The number of aliphatic carboxylic acids is 1. The Hall–Kier alpha value is -0.870. The molecule has 0 saturated carbocycles. The van der Waals surface area contributed by atoms with E-state index in [2.05, 4.69) is 15.9 Å². The maximum absolute atomic E-state index is 10.5. The van der Waals surface area contributed by atoms with Crippen LogP contribution in [0.3, 0.4) is 0 Å². The topological polar surface area (TPSA) is 40.5 Å². The predicted molar refractivity (Wildman–Crippen MR) is 62.8 cm³/mol. The first kappa shape index (κ1) is 12.2. The van der Waals surface area contributed by atoms with Crippen molar-refractivity contribution in [2.75, 3.05) is 13.6 Å². The van der Waals surface area contributed by atoms with Gasteiger partial charge in [-0.3, -0.25) is 9.69 Å².